The number of nitrogens with one attached hydrogen (secondary N) is 1. The molecule has 0 spiro atoms. The Kier molecular flexibility index (Phi) is 5.53. The molecular formula is C19H21NO2S. The highest BCUT2D eigenvalue weighted by Gasteiger charge is 2.18. The van der Waals surface area contributed by atoms with Gasteiger partial charge in [-0.15, -0.1) is 0 Å². The molecule has 1 unspecified atom stereocenters. The summed E-state index contributed by atoms with van der Waals surface area (Å²) >= 11 is 0. The van der Waals surface area contributed by atoms with E-state index in [4.69, 9.17) is 0 Å². The van der Waals surface area contributed by atoms with Crippen LogP contribution in [0.3, 0.4) is 0 Å². The molecule has 23 heavy (non-hydrogen) atoms. The molecule has 120 valence electrons. The van der Waals surface area contributed by atoms with Crippen molar-refractivity contribution in [2.24, 2.45) is 0 Å². The lowest BCUT2D eigenvalue weighted by atomic mass is 10.1. The molecule has 2 aromatic rings. The Bertz CT molecular complexity index is 791. The first kappa shape index (κ1) is 17.2. The maximum Gasteiger partial charge on any atom is 0.241 e. The molecule has 0 bridgehead atoms. The first-order valence-electron chi connectivity index (χ1n) is 7.36. The maximum atomic E-state index is 12.5. The van der Waals surface area contributed by atoms with E-state index in [-0.39, 0.29) is 4.90 Å². The first-order chi connectivity index (χ1) is 10.9. The van der Waals surface area contributed by atoms with Gasteiger partial charge in [-0.2, -0.15) is 0 Å². The van der Waals surface area contributed by atoms with Crippen molar-refractivity contribution < 1.29 is 8.42 Å². The van der Waals surface area contributed by atoms with E-state index < -0.39 is 16.1 Å². The van der Waals surface area contributed by atoms with Crippen LogP contribution in [0, 0.1) is 6.92 Å². The van der Waals surface area contributed by atoms with E-state index in [1.165, 1.54) is 0 Å². The Morgan fingerprint density at radius 1 is 1.09 bits per heavy atom. The second kappa shape index (κ2) is 7.40. The average molecular weight is 327 g/mol. The Labute approximate surface area is 138 Å². The summed E-state index contributed by atoms with van der Waals surface area (Å²) in [6, 6.07) is 16.0. The number of benzene rings is 2. The number of aryl methyl sites for hydroxylation is 1. The van der Waals surface area contributed by atoms with Gasteiger partial charge in [0.15, 0.2) is 0 Å². The van der Waals surface area contributed by atoms with Crippen LogP contribution >= 0.6 is 0 Å². The molecule has 0 aromatic heterocycles. The van der Waals surface area contributed by atoms with E-state index in [1.807, 2.05) is 49.4 Å². The van der Waals surface area contributed by atoms with Crippen LogP contribution in [0.1, 0.15) is 18.1 Å². The molecule has 0 aliphatic heterocycles. The molecular weight excluding hydrogens is 306 g/mol. The third-order valence-electron chi connectivity index (χ3n) is 3.43. The number of hydrogen-bond donors (Lipinski definition) is 1. The van der Waals surface area contributed by atoms with E-state index >= 15 is 0 Å². The highest BCUT2D eigenvalue weighted by Crippen LogP contribution is 2.13. The molecule has 0 radical (unpaired) electrons. The number of rotatable bonds is 6. The molecule has 4 heteroatoms. The molecule has 3 nitrogen and oxygen atoms in total. The smallest absolute Gasteiger partial charge is 0.207 e. The molecule has 0 saturated carbocycles. The number of hydrogen-bond acceptors (Lipinski definition) is 2. The van der Waals surface area contributed by atoms with Crippen LogP contribution in [0.15, 0.2) is 77.7 Å². The molecule has 2 rings (SSSR count). The molecule has 1 atom stereocenters. The molecule has 0 heterocycles. The molecule has 0 fully saturated rings. The monoisotopic (exact) mass is 327 g/mol. The number of sulfonamides is 1. The zero-order valence-electron chi connectivity index (χ0n) is 13.4. The highest BCUT2D eigenvalue weighted by molar-refractivity contribution is 7.89. The van der Waals surface area contributed by atoms with Crippen molar-refractivity contribution >= 4 is 16.1 Å². The van der Waals surface area contributed by atoms with E-state index in [2.05, 4.69) is 11.3 Å². The van der Waals surface area contributed by atoms with Gasteiger partial charge < -0.3 is 0 Å². The standard InChI is InChI=1S/C19H21NO2S/c1-15(2)19(14-11-17-7-5-4-6-8-17)20-23(21,22)18-12-9-16(3)10-13-18/h4-14,19-20H,1H2,2-3H3/b14-11+. The summed E-state index contributed by atoms with van der Waals surface area (Å²) in [6.07, 6.45) is 3.69. The van der Waals surface area contributed by atoms with E-state index in [0.717, 1.165) is 16.7 Å². The van der Waals surface area contributed by atoms with Gasteiger partial charge in [0.2, 0.25) is 10.0 Å². The largest absolute Gasteiger partial charge is 0.241 e. The molecule has 0 amide bonds. The van der Waals surface area contributed by atoms with Gasteiger partial charge in [0.25, 0.3) is 0 Å². The predicted octanol–water partition coefficient (Wildman–Crippen LogP) is 3.93. The van der Waals surface area contributed by atoms with Crippen LogP contribution in [0.4, 0.5) is 0 Å². The summed E-state index contributed by atoms with van der Waals surface area (Å²) in [5.74, 6) is 0. The summed E-state index contributed by atoms with van der Waals surface area (Å²) in [7, 11) is -3.59. The van der Waals surface area contributed by atoms with Crippen LogP contribution in [0.25, 0.3) is 6.08 Å². The fraction of sp³-hybridized carbons (Fsp3) is 0.158. The summed E-state index contributed by atoms with van der Waals surface area (Å²) < 4.78 is 27.7. The molecule has 2 aromatic carbocycles. The van der Waals surface area contributed by atoms with Gasteiger partial charge in [-0.3, -0.25) is 0 Å². The van der Waals surface area contributed by atoms with Gasteiger partial charge >= 0.3 is 0 Å². The second-order valence-electron chi connectivity index (χ2n) is 5.53. The Morgan fingerprint density at radius 3 is 2.26 bits per heavy atom. The highest BCUT2D eigenvalue weighted by atomic mass is 32.2. The summed E-state index contributed by atoms with van der Waals surface area (Å²) in [5.41, 5.74) is 2.76. The minimum atomic E-state index is -3.59. The van der Waals surface area contributed by atoms with Gasteiger partial charge in [-0.05, 0) is 31.5 Å². The van der Waals surface area contributed by atoms with Gasteiger partial charge in [0.05, 0.1) is 10.9 Å². The van der Waals surface area contributed by atoms with Crippen molar-refractivity contribution in [3.8, 4) is 0 Å². The van der Waals surface area contributed by atoms with E-state index in [9.17, 15) is 8.42 Å². The Balaban J connectivity index is 2.20. The molecule has 0 aliphatic carbocycles. The van der Waals surface area contributed by atoms with Crippen LogP contribution < -0.4 is 4.72 Å². The predicted molar refractivity (Wildman–Crippen MR) is 95.6 cm³/mol. The second-order valence-corrected chi connectivity index (χ2v) is 7.24. The third-order valence-corrected chi connectivity index (χ3v) is 4.88. The average Bonchev–Trinajstić information content (AvgIpc) is 2.52. The van der Waals surface area contributed by atoms with Crippen molar-refractivity contribution in [1.82, 2.24) is 4.72 Å². The molecule has 1 N–H and O–H groups in total. The Morgan fingerprint density at radius 2 is 1.70 bits per heavy atom. The van der Waals surface area contributed by atoms with E-state index in [0.29, 0.717) is 0 Å². The normalized spacial score (nSPS) is 13.1. The van der Waals surface area contributed by atoms with Crippen molar-refractivity contribution in [2.45, 2.75) is 24.8 Å². The van der Waals surface area contributed by atoms with Crippen LogP contribution in [-0.2, 0) is 10.0 Å². The zero-order valence-corrected chi connectivity index (χ0v) is 14.2. The first-order valence-corrected chi connectivity index (χ1v) is 8.84. The lowest BCUT2D eigenvalue weighted by Gasteiger charge is -2.15. The SMILES string of the molecule is C=C(C)C(/C=C/c1ccccc1)NS(=O)(=O)c1ccc(C)cc1. The lowest BCUT2D eigenvalue weighted by molar-refractivity contribution is 0.578. The lowest BCUT2D eigenvalue weighted by Crippen LogP contribution is -2.34. The van der Waals surface area contributed by atoms with Gasteiger partial charge in [0, 0.05) is 0 Å². The fourth-order valence-electron chi connectivity index (χ4n) is 2.03. The van der Waals surface area contributed by atoms with Gasteiger partial charge in [0.1, 0.15) is 0 Å². The zero-order chi connectivity index (χ0) is 16.9. The van der Waals surface area contributed by atoms with Crippen molar-refractivity contribution in [1.29, 1.82) is 0 Å². The minimum absolute atomic E-state index is 0.252. The fourth-order valence-corrected chi connectivity index (χ4v) is 3.27. The van der Waals surface area contributed by atoms with Crippen molar-refractivity contribution in [3.63, 3.8) is 0 Å². The summed E-state index contributed by atoms with van der Waals surface area (Å²) in [4.78, 5) is 0.252. The van der Waals surface area contributed by atoms with Gasteiger partial charge in [-0.25, -0.2) is 13.1 Å². The van der Waals surface area contributed by atoms with Crippen molar-refractivity contribution in [2.75, 3.05) is 0 Å². The van der Waals surface area contributed by atoms with Gasteiger partial charge in [-0.1, -0.05) is 72.3 Å². The third kappa shape index (κ3) is 4.91. The van der Waals surface area contributed by atoms with E-state index in [1.54, 1.807) is 31.2 Å². The quantitative estimate of drug-likeness (QED) is 0.817. The Hall–Kier alpha value is -2.17. The molecule has 0 aliphatic rings. The summed E-state index contributed by atoms with van der Waals surface area (Å²) in [5, 5.41) is 0. The minimum Gasteiger partial charge on any atom is -0.207 e. The summed E-state index contributed by atoms with van der Waals surface area (Å²) in [6.45, 7) is 7.60. The van der Waals surface area contributed by atoms with Crippen LogP contribution in [0.2, 0.25) is 0 Å². The topological polar surface area (TPSA) is 46.2 Å². The van der Waals surface area contributed by atoms with Crippen LogP contribution in [0.5, 0.6) is 0 Å². The van der Waals surface area contributed by atoms with Crippen molar-refractivity contribution in [3.05, 3.63) is 84.0 Å². The maximum absolute atomic E-state index is 12.5. The van der Waals surface area contributed by atoms with Crippen LogP contribution in [-0.4, -0.2) is 14.5 Å². The molecule has 0 saturated heterocycles.